The van der Waals surface area contributed by atoms with Gasteiger partial charge in [-0.15, -0.1) is 0 Å². The van der Waals surface area contributed by atoms with Crippen molar-refractivity contribution >= 4 is 17.0 Å². The summed E-state index contributed by atoms with van der Waals surface area (Å²) in [6.07, 6.45) is 5.50. The van der Waals surface area contributed by atoms with Crippen LogP contribution in [0.3, 0.4) is 0 Å². The van der Waals surface area contributed by atoms with E-state index in [2.05, 4.69) is 27.5 Å². The van der Waals surface area contributed by atoms with E-state index in [1.54, 1.807) is 12.3 Å². The Morgan fingerprint density at radius 1 is 1.42 bits per heavy atom. The number of rotatable bonds is 6. The van der Waals surface area contributed by atoms with Crippen LogP contribution in [0.25, 0.3) is 11.1 Å². The molecule has 0 spiro atoms. The largest absolute Gasteiger partial charge is 0.352 e. The molecule has 0 unspecified atom stereocenters. The number of aromatic nitrogens is 4. The highest BCUT2D eigenvalue weighted by Crippen LogP contribution is 2.22. The lowest BCUT2D eigenvalue weighted by molar-refractivity contribution is 0.0952. The molecule has 3 heterocycles. The van der Waals surface area contributed by atoms with E-state index in [1.165, 1.54) is 0 Å². The molecule has 1 N–H and O–H groups in total. The highest BCUT2D eigenvalue weighted by Gasteiger charge is 2.18. The first-order valence-corrected chi connectivity index (χ1v) is 8.11. The van der Waals surface area contributed by atoms with Gasteiger partial charge in [-0.05, 0) is 38.8 Å². The zero-order valence-electron chi connectivity index (χ0n) is 14.1. The summed E-state index contributed by atoms with van der Waals surface area (Å²) in [7, 11) is 0. The van der Waals surface area contributed by atoms with E-state index < -0.39 is 0 Å². The van der Waals surface area contributed by atoms with Gasteiger partial charge in [-0.1, -0.05) is 12.1 Å². The summed E-state index contributed by atoms with van der Waals surface area (Å²) < 4.78 is 7.11. The molecule has 1 atom stereocenters. The zero-order valence-corrected chi connectivity index (χ0v) is 14.1. The van der Waals surface area contributed by atoms with Gasteiger partial charge in [0.1, 0.15) is 0 Å². The van der Waals surface area contributed by atoms with E-state index in [1.807, 2.05) is 30.8 Å². The van der Waals surface area contributed by atoms with Crippen LogP contribution >= 0.6 is 0 Å². The second-order valence-corrected chi connectivity index (χ2v) is 5.85. The maximum atomic E-state index is 12.6. The molecule has 1 amide bonds. The van der Waals surface area contributed by atoms with Crippen LogP contribution in [-0.2, 0) is 0 Å². The predicted molar refractivity (Wildman–Crippen MR) is 89.8 cm³/mol. The van der Waals surface area contributed by atoms with Crippen molar-refractivity contribution < 1.29 is 9.32 Å². The van der Waals surface area contributed by atoms with Gasteiger partial charge in [0.05, 0.1) is 22.7 Å². The molecule has 24 heavy (non-hydrogen) atoms. The first-order chi connectivity index (χ1) is 11.6. The van der Waals surface area contributed by atoms with Crippen LogP contribution in [0.5, 0.6) is 0 Å². The first kappa shape index (κ1) is 16.2. The molecular formula is C17H21N5O2. The van der Waals surface area contributed by atoms with Gasteiger partial charge in [-0.3, -0.25) is 9.48 Å². The molecule has 0 aliphatic carbocycles. The highest BCUT2D eigenvalue weighted by molar-refractivity contribution is 6.05. The molecule has 0 fully saturated rings. The Bertz CT molecular complexity index is 838. The predicted octanol–water partition coefficient (Wildman–Crippen LogP) is 2.81. The van der Waals surface area contributed by atoms with Crippen LogP contribution in [0.4, 0.5) is 0 Å². The molecule has 3 aromatic heterocycles. The molecule has 7 nitrogen and oxygen atoms in total. The lowest BCUT2D eigenvalue weighted by Gasteiger charge is -2.16. The molecule has 0 aromatic carbocycles. The number of aryl methyl sites for hydroxylation is 2. The standard InChI is InChI=1S/C17H21N5O2/c1-4-13(22-9-5-7-19-22)6-8-18-16(23)14-10-11(2)20-17-15(14)12(3)21-24-17/h5,7,9-10,13H,4,6,8H2,1-3H3,(H,18,23)/t13-/m0/s1. The summed E-state index contributed by atoms with van der Waals surface area (Å²) in [6, 6.07) is 3.95. The Balaban J connectivity index is 1.70. The second-order valence-electron chi connectivity index (χ2n) is 5.85. The summed E-state index contributed by atoms with van der Waals surface area (Å²) >= 11 is 0. The number of hydrogen-bond donors (Lipinski definition) is 1. The molecular weight excluding hydrogens is 306 g/mol. The van der Waals surface area contributed by atoms with Gasteiger partial charge >= 0.3 is 0 Å². The van der Waals surface area contributed by atoms with Crippen molar-refractivity contribution in [3.8, 4) is 0 Å². The fourth-order valence-electron chi connectivity index (χ4n) is 2.86. The molecule has 126 valence electrons. The third kappa shape index (κ3) is 3.15. The maximum absolute atomic E-state index is 12.6. The number of fused-ring (bicyclic) bond motifs is 1. The summed E-state index contributed by atoms with van der Waals surface area (Å²) in [5.74, 6) is -0.132. The van der Waals surface area contributed by atoms with Crippen LogP contribution in [0.2, 0.25) is 0 Å². The smallest absolute Gasteiger partial charge is 0.258 e. The van der Waals surface area contributed by atoms with E-state index in [0.29, 0.717) is 28.9 Å². The monoisotopic (exact) mass is 327 g/mol. The van der Waals surface area contributed by atoms with Crippen LogP contribution in [-0.4, -0.2) is 32.4 Å². The van der Waals surface area contributed by atoms with Gasteiger partial charge < -0.3 is 9.84 Å². The number of nitrogens with zero attached hydrogens (tertiary/aromatic N) is 4. The van der Waals surface area contributed by atoms with Crippen molar-refractivity contribution in [1.29, 1.82) is 0 Å². The fraction of sp³-hybridized carbons (Fsp3) is 0.412. The normalized spacial score (nSPS) is 12.5. The SMILES string of the molecule is CC[C@@H](CCNC(=O)c1cc(C)nc2onc(C)c12)n1cccn1. The molecule has 0 radical (unpaired) electrons. The van der Waals surface area contributed by atoms with Crippen LogP contribution in [0.1, 0.15) is 47.6 Å². The Labute approximate surface area is 140 Å². The van der Waals surface area contributed by atoms with E-state index in [-0.39, 0.29) is 11.9 Å². The Hall–Kier alpha value is -2.70. The maximum Gasteiger partial charge on any atom is 0.258 e. The van der Waals surface area contributed by atoms with E-state index in [0.717, 1.165) is 18.5 Å². The van der Waals surface area contributed by atoms with Gasteiger partial charge in [0.25, 0.3) is 11.6 Å². The minimum absolute atomic E-state index is 0.132. The lowest BCUT2D eigenvalue weighted by Crippen LogP contribution is -2.27. The average molecular weight is 327 g/mol. The van der Waals surface area contributed by atoms with Crippen LogP contribution in [0.15, 0.2) is 29.0 Å². The van der Waals surface area contributed by atoms with Crippen LogP contribution in [0, 0.1) is 13.8 Å². The highest BCUT2D eigenvalue weighted by atomic mass is 16.5. The molecule has 3 rings (SSSR count). The van der Waals surface area contributed by atoms with Gasteiger partial charge in [-0.2, -0.15) is 5.10 Å². The van der Waals surface area contributed by atoms with Crippen LogP contribution < -0.4 is 5.32 Å². The number of carbonyl (C=O) groups is 1. The molecule has 7 heteroatoms. The summed E-state index contributed by atoms with van der Waals surface area (Å²) in [6.45, 7) is 6.33. The molecule has 0 saturated carbocycles. The minimum atomic E-state index is -0.132. The van der Waals surface area contributed by atoms with Gasteiger partial charge in [0, 0.05) is 24.6 Å². The lowest BCUT2D eigenvalue weighted by atomic mass is 10.1. The van der Waals surface area contributed by atoms with Crippen molar-refractivity contribution in [1.82, 2.24) is 25.2 Å². The summed E-state index contributed by atoms with van der Waals surface area (Å²) in [4.78, 5) is 16.9. The third-order valence-electron chi connectivity index (χ3n) is 4.12. The zero-order chi connectivity index (χ0) is 17.1. The van der Waals surface area contributed by atoms with E-state index in [9.17, 15) is 4.79 Å². The van der Waals surface area contributed by atoms with Gasteiger partial charge in [0.15, 0.2) is 0 Å². The Morgan fingerprint density at radius 3 is 2.96 bits per heavy atom. The Kier molecular flexibility index (Phi) is 4.59. The topological polar surface area (TPSA) is 85.8 Å². The first-order valence-electron chi connectivity index (χ1n) is 8.11. The van der Waals surface area contributed by atoms with Crippen molar-refractivity contribution in [2.75, 3.05) is 6.54 Å². The minimum Gasteiger partial charge on any atom is -0.352 e. The Morgan fingerprint density at radius 2 is 2.25 bits per heavy atom. The van der Waals surface area contributed by atoms with E-state index >= 15 is 0 Å². The van der Waals surface area contributed by atoms with Crippen molar-refractivity contribution in [2.45, 2.75) is 39.7 Å². The van der Waals surface area contributed by atoms with Crippen molar-refractivity contribution in [3.05, 3.63) is 41.5 Å². The number of pyridine rings is 1. The average Bonchev–Trinajstić information content (AvgIpc) is 3.21. The van der Waals surface area contributed by atoms with Gasteiger partial charge in [0.2, 0.25) is 0 Å². The van der Waals surface area contributed by atoms with Crippen molar-refractivity contribution in [3.63, 3.8) is 0 Å². The molecule has 0 saturated heterocycles. The molecule has 0 aliphatic rings. The third-order valence-corrected chi connectivity index (χ3v) is 4.12. The molecule has 0 bridgehead atoms. The van der Waals surface area contributed by atoms with Gasteiger partial charge in [-0.25, -0.2) is 4.98 Å². The fourth-order valence-corrected chi connectivity index (χ4v) is 2.86. The number of carbonyl (C=O) groups excluding carboxylic acids is 1. The summed E-state index contributed by atoms with van der Waals surface area (Å²) in [5, 5.41) is 11.8. The summed E-state index contributed by atoms with van der Waals surface area (Å²) in [5.41, 5.74) is 2.36. The number of hydrogen-bond acceptors (Lipinski definition) is 5. The van der Waals surface area contributed by atoms with Crippen molar-refractivity contribution in [2.24, 2.45) is 0 Å². The molecule has 0 aliphatic heterocycles. The molecule has 3 aromatic rings. The number of nitrogens with one attached hydrogen (secondary N) is 1. The second kappa shape index (κ2) is 6.82. The van der Waals surface area contributed by atoms with E-state index in [4.69, 9.17) is 4.52 Å². The number of amides is 1. The quantitative estimate of drug-likeness (QED) is 0.752.